The molecule has 0 fully saturated rings. The Labute approximate surface area is 109 Å². The molecular weight excluding hydrogens is 244 g/mol. The predicted molar refractivity (Wildman–Crippen MR) is 71.4 cm³/mol. The minimum absolute atomic E-state index is 0.487. The maximum atomic E-state index is 10.8. The van der Waals surface area contributed by atoms with Crippen molar-refractivity contribution in [1.82, 2.24) is 0 Å². The minimum atomic E-state index is -0.996. The fraction of sp³-hybridized carbons (Fsp3) is 0.133. The van der Waals surface area contributed by atoms with Crippen LogP contribution in [0.5, 0.6) is 5.75 Å². The Balaban J connectivity index is 2.06. The zero-order valence-electron chi connectivity index (χ0n) is 10.3. The van der Waals surface area contributed by atoms with E-state index in [-0.39, 0.29) is 0 Å². The van der Waals surface area contributed by atoms with E-state index >= 15 is 0 Å². The van der Waals surface area contributed by atoms with Crippen LogP contribution in [0.25, 0.3) is 21.9 Å². The van der Waals surface area contributed by atoms with Gasteiger partial charge in [0.15, 0.2) is 6.10 Å². The number of para-hydroxylation sites is 1. The van der Waals surface area contributed by atoms with Gasteiger partial charge in [-0.15, -0.1) is 0 Å². The van der Waals surface area contributed by atoms with E-state index < -0.39 is 12.1 Å². The van der Waals surface area contributed by atoms with Gasteiger partial charge >= 0.3 is 5.97 Å². The van der Waals surface area contributed by atoms with Gasteiger partial charge in [-0.25, -0.2) is 4.79 Å². The number of aliphatic carboxylic acids is 1. The molecular formula is C15H12O4. The molecule has 4 heteroatoms. The molecule has 1 heterocycles. The van der Waals surface area contributed by atoms with Crippen molar-refractivity contribution in [1.29, 1.82) is 0 Å². The monoisotopic (exact) mass is 256 g/mol. The summed E-state index contributed by atoms with van der Waals surface area (Å²) in [5.41, 5.74) is 1.50. The van der Waals surface area contributed by atoms with Crippen molar-refractivity contribution in [3.8, 4) is 5.75 Å². The van der Waals surface area contributed by atoms with Crippen molar-refractivity contribution in [3.63, 3.8) is 0 Å². The molecule has 0 spiro atoms. The predicted octanol–water partition coefficient (Wildman–Crippen LogP) is 3.44. The molecule has 0 saturated carbocycles. The van der Waals surface area contributed by atoms with Crippen LogP contribution in [0.1, 0.15) is 6.92 Å². The number of fused-ring (bicyclic) bond motifs is 3. The molecule has 0 bridgehead atoms. The lowest BCUT2D eigenvalue weighted by molar-refractivity contribution is -0.144. The molecule has 96 valence electrons. The lowest BCUT2D eigenvalue weighted by Gasteiger charge is -2.09. The van der Waals surface area contributed by atoms with Crippen molar-refractivity contribution in [2.24, 2.45) is 0 Å². The maximum absolute atomic E-state index is 10.8. The van der Waals surface area contributed by atoms with E-state index in [1.165, 1.54) is 6.92 Å². The minimum Gasteiger partial charge on any atom is -0.479 e. The van der Waals surface area contributed by atoms with Crippen LogP contribution in [0.4, 0.5) is 0 Å². The molecule has 1 unspecified atom stereocenters. The first-order chi connectivity index (χ1) is 9.15. The van der Waals surface area contributed by atoms with E-state index in [4.69, 9.17) is 14.3 Å². The molecule has 1 N–H and O–H groups in total. The molecule has 1 atom stereocenters. The van der Waals surface area contributed by atoms with Crippen LogP contribution >= 0.6 is 0 Å². The second kappa shape index (κ2) is 4.31. The van der Waals surface area contributed by atoms with Gasteiger partial charge in [0, 0.05) is 16.8 Å². The molecule has 3 aromatic rings. The van der Waals surface area contributed by atoms with Crippen LogP contribution in [0, 0.1) is 0 Å². The lowest BCUT2D eigenvalue weighted by Crippen LogP contribution is -2.22. The first-order valence-corrected chi connectivity index (χ1v) is 5.96. The highest BCUT2D eigenvalue weighted by Crippen LogP contribution is 2.31. The average Bonchev–Trinajstić information content (AvgIpc) is 2.76. The Hall–Kier alpha value is -2.49. The fourth-order valence-electron chi connectivity index (χ4n) is 2.03. The van der Waals surface area contributed by atoms with E-state index in [9.17, 15) is 4.79 Å². The van der Waals surface area contributed by atoms with Crippen molar-refractivity contribution in [2.45, 2.75) is 13.0 Å². The molecule has 3 rings (SSSR count). The first-order valence-electron chi connectivity index (χ1n) is 5.96. The van der Waals surface area contributed by atoms with Gasteiger partial charge in [-0.2, -0.15) is 0 Å². The summed E-state index contributed by atoms with van der Waals surface area (Å²) < 4.78 is 11.0. The Morgan fingerprint density at radius 1 is 1.16 bits per heavy atom. The molecule has 4 nitrogen and oxygen atoms in total. The average molecular weight is 256 g/mol. The smallest absolute Gasteiger partial charge is 0.344 e. The quantitative estimate of drug-likeness (QED) is 0.779. The van der Waals surface area contributed by atoms with Gasteiger partial charge in [0.1, 0.15) is 16.9 Å². The topological polar surface area (TPSA) is 59.7 Å². The third-order valence-electron chi connectivity index (χ3n) is 3.01. The van der Waals surface area contributed by atoms with E-state index in [1.54, 1.807) is 12.1 Å². The van der Waals surface area contributed by atoms with Gasteiger partial charge in [-0.3, -0.25) is 0 Å². The molecule has 0 radical (unpaired) electrons. The SMILES string of the molecule is CC(Oc1ccc2c(c1)oc1ccccc12)C(=O)O. The van der Waals surface area contributed by atoms with Crippen LogP contribution in [0.3, 0.4) is 0 Å². The number of carbonyl (C=O) groups is 1. The molecule has 19 heavy (non-hydrogen) atoms. The largest absolute Gasteiger partial charge is 0.479 e. The summed E-state index contributed by atoms with van der Waals surface area (Å²) in [6, 6.07) is 13.1. The highest BCUT2D eigenvalue weighted by atomic mass is 16.5. The van der Waals surface area contributed by atoms with Crippen molar-refractivity contribution >= 4 is 27.9 Å². The van der Waals surface area contributed by atoms with Gasteiger partial charge < -0.3 is 14.3 Å². The van der Waals surface area contributed by atoms with Crippen LogP contribution in [0.2, 0.25) is 0 Å². The van der Waals surface area contributed by atoms with Gasteiger partial charge in [-0.05, 0) is 25.1 Å². The Bertz CT molecular complexity index is 757. The number of carboxylic acid groups (broad SMARTS) is 1. The second-order valence-corrected chi connectivity index (χ2v) is 4.35. The van der Waals surface area contributed by atoms with E-state index in [0.717, 1.165) is 16.4 Å². The molecule has 1 aromatic heterocycles. The van der Waals surface area contributed by atoms with E-state index in [2.05, 4.69) is 0 Å². The number of benzene rings is 2. The number of furan rings is 1. The summed E-state index contributed by atoms with van der Waals surface area (Å²) in [7, 11) is 0. The molecule has 0 aliphatic carbocycles. The highest BCUT2D eigenvalue weighted by Gasteiger charge is 2.13. The van der Waals surface area contributed by atoms with Gasteiger partial charge in [0.05, 0.1) is 0 Å². The number of rotatable bonds is 3. The van der Waals surface area contributed by atoms with Crippen molar-refractivity contribution in [2.75, 3.05) is 0 Å². The standard InChI is InChI=1S/C15H12O4/c1-9(15(16)17)18-10-6-7-12-11-4-2-3-5-13(11)19-14(12)8-10/h2-9H,1H3,(H,16,17). The van der Waals surface area contributed by atoms with Crippen molar-refractivity contribution < 1.29 is 19.1 Å². The van der Waals surface area contributed by atoms with Crippen LogP contribution < -0.4 is 4.74 Å². The highest BCUT2D eigenvalue weighted by molar-refractivity contribution is 6.05. The zero-order chi connectivity index (χ0) is 13.4. The van der Waals surface area contributed by atoms with Gasteiger partial charge in [0.2, 0.25) is 0 Å². The maximum Gasteiger partial charge on any atom is 0.344 e. The molecule has 0 saturated heterocycles. The number of hydrogen-bond acceptors (Lipinski definition) is 3. The summed E-state index contributed by atoms with van der Waals surface area (Å²) in [6.45, 7) is 1.49. The van der Waals surface area contributed by atoms with E-state index in [1.807, 2.05) is 30.3 Å². The third-order valence-corrected chi connectivity index (χ3v) is 3.01. The zero-order valence-corrected chi connectivity index (χ0v) is 10.3. The lowest BCUT2D eigenvalue weighted by atomic mass is 10.1. The first kappa shape index (κ1) is 11.6. The van der Waals surface area contributed by atoms with Crippen LogP contribution in [0.15, 0.2) is 46.9 Å². The summed E-state index contributed by atoms with van der Waals surface area (Å²) in [5, 5.41) is 10.9. The van der Waals surface area contributed by atoms with Gasteiger partial charge in [-0.1, -0.05) is 18.2 Å². The molecule has 0 amide bonds. The number of ether oxygens (including phenoxy) is 1. The van der Waals surface area contributed by atoms with Crippen molar-refractivity contribution in [3.05, 3.63) is 42.5 Å². The molecule has 0 aliphatic rings. The van der Waals surface area contributed by atoms with Gasteiger partial charge in [0.25, 0.3) is 0 Å². The summed E-state index contributed by atoms with van der Waals surface area (Å²) >= 11 is 0. The Morgan fingerprint density at radius 2 is 1.89 bits per heavy atom. The van der Waals surface area contributed by atoms with Crippen LogP contribution in [-0.2, 0) is 4.79 Å². The summed E-state index contributed by atoms with van der Waals surface area (Å²) in [5.74, 6) is -0.508. The number of carboxylic acids is 1. The fourth-order valence-corrected chi connectivity index (χ4v) is 2.03. The third kappa shape index (κ3) is 2.01. The normalized spacial score (nSPS) is 12.7. The van der Waals surface area contributed by atoms with Crippen LogP contribution in [-0.4, -0.2) is 17.2 Å². The summed E-state index contributed by atoms with van der Waals surface area (Å²) in [6.07, 6.45) is -0.887. The molecule has 2 aromatic carbocycles. The number of hydrogen-bond donors (Lipinski definition) is 1. The Kier molecular flexibility index (Phi) is 2.63. The molecule has 0 aliphatic heterocycles. The summed E-state index contributed by atoms with van der Waals surface area (Å²) in [4.78, 5) is 10.8. The second-order valence-electron chi connectivity index (χ2n) is 4.35. The van der Waals surface area contributed by atoms with E-state index in [0.29, 0.717) is 11.3 Å². The Morgan fingerprint density at radius 3 is 2.68 bits per heavy atom.